The third-order valence-electron chi connectivity index (χ3n) is 4.97. The lowest BCUT2D eigenvalue weighted by atomic mass is 9.64. The molecule has 1 aromatic rings. The van der Waals surface area contributed by atoms with Crippen LogP contribution in [0.1, 0.15) is 38.2 Å². The highest BCUT2D eigenvalue weighted by Gasteiger charge is 2.51. The lowest BCUT2D eigenvalue weighted by Crippen LogP contribution is -2.51. The Balaban J connectivity index is 1.71. The van der Waals surface area contributed by atoms with Crippen molar-refractivity contribution in [2.75, 3.05) is 20.3 Å². The normalized spacial score (nSPS) is 31.0. The Bertz CT molecular complexity index is 496. The minimum Gasteiger partial charge on any atom is -0.497 e. The van der Waals surface area contributed by atoms with Crippen LogP contribution in [0.25, 0.3) is 0 Å². The predicted molar refractivity (Wildman–Crippen MR) is 78.2 cm³/mol. The van der Waals surface area contributed by atoms with Crippen LogP contribution in [0.5, 0.6) is 5.75 Å². The molecule has 0 N–H and O–H groups in total. The Morgan fingerprint density at radius 2 is 1.86 bits per heavy atom. The molecular weight excluding hydrogens is 268 g/mol. The largest absolute Gasteiger partial charge is 0.497 e. The van der Waals surface area contributed by atoms with Crippen LogP contribution in [0.15, 0.2) is 24.3 Å². The Morgan fingerprint density at radius 1 is 1.19 bits per heavy atom. The van der Waals surface area contributed by atoms with Crippen molar-refractivity contribution in [2.24, 2.45) is 5.41 Å². The number of esters is 1. The smallest absolute Gasteiger partial charge is 0.302 e. The summed E-state index contributed by atoms with van der Waals surface area (Å²) in [5.41, 5.74) is 1.09. The van der Waals surface area contributed by atoms with Crippen LogP contribution in [0.4, 0.5) is 0 Å². The molecule has 4 nitrogen and oxygen atoms in total. The highest BCUT2D eigenvalue weighted by atomic mass is 16.5. The molecule has 3 fully saturated rings. The number of fused-ring (bicyclic) bond motifs is 3. The van der Waals surface area contributed by atoms with Crippen LogP contribution in [-0.2, 0) is 19.9 Å². The minimum atomic E-state index is -0.207. The van der Waals surface area contributed by atoms with Crippen molar-refractivity contribution in [3.8, 4) is 5.75 Å². The van der Waals surface area contributed by atoms with Gasteiger partial charge in [0, 0.05) is 12.3 Å². The number of carbonyl (C=O) groups is 1. The van der Waals surface area contributed by atoms with Crippen molar-refractivity contribution in [3.05, 3.63) is 29.8 Å². The maximum atomic E-state index is 11.0. The first-order valence-electron chi connectivity index (χ1n) is 7.49. The van der Waals surface area contributed by atoms with Crippen LogP contribution < -0.4 is 4.74 Å². The molecule has 21 heavy (non-hydrogen) atoms. The summed E-state index contributed by atoms with van der Waals surface area (Å²) in [5, 5.41) is 0. The van der Waals surface area contributed by atoms with Gasteiger partial charge in [-0.3, -0.25) is 4.79 Å². The van der Waals surface area contributed by atoms with E-state index in [0.717, 1.165) is 31.4 Å². The molecule has 2 heterocycles. The highest BCUT2D eigenvalue weighted by Crippen LogP contribution is 2.53. The van der Waals surface area contributed by atoms with E-state index in [-0.39, 0.29) is 17.0 Å². The summed E-state index contributed by atoms with van der Waals surface area (Å²) < 4.78 is 16.7. The molecule has 1 aliphatic carbocycles. The van der Waals surface area contributed by atoms with E-state index in [2.05, 4.69) is 12.1 Å². The lowest BCUT2D eigenvalue weighted by molar-refractivity contribution is -0.205. The molecule has 4 rings (SSSR count). The molecule has 0 amide bonds. The van der Waals surface area contributed by atoms with Gasteiger partial charge < -0.3 is 14.2 Å². The van der Waals surface area contributed by atoms with Gasteiger partial charge in [-0.1, -0.05) is 12.1 Å². The van der Waals surface area contributed by atoms with Gasteiger partial charge in [0.2, 0.25) is 0 Å². The van der Waals surface area contributed by atoms with E-state index in [4.69, 9.17) is 14.2 Å². The van der Waals surface area contributed by atoms with Gasteiger partial charge in [-0.05, 0) is 43.4 Å². The molecule has 2 saturated heterocycles. The van der Waals surface area contributed by atoms with E-state index in [1.54, 1.807) is 7.11 Å². The Kier molecular flexibility index (Phi) is 3.66. The average Bonchev–Trinajstić information content (AvgIpc) is 2.55. The van der Waals surface area contributed by atoms with E-state index in [0.29, 0.717) is 13.2 Å². The lowest BCUT2D eigenvalue weighted by Gasteiger charge is -2.53. The summed E-state index contributed by atoms with van der Waals surface area (Å²) in [7, 11) is 1.67. The second kappa shape index (κ2) is 5.34. The van der Waals surface area contributed by atoms with Gasteiger partial charge in [-0.2, -0.15) is 0 Å². The molecule has 0 aromatic heterocycles. The van der Waals surface area contributed by atoms with Gasteiger partial charge >= 0.3 is 5.97 Å². The summed E-state index contributed by atoms with van der Waals surface area (Å²) in [6, 6.07) is 8.18. The number of ether oxygens (including phenoxy) is 3. The third kappa shape index (κ3) is 2.64. The predicted octanol–water partition coefficient (Wildman–Crippen LogP) is 3.04. The Labute approximate surface area is 125 Å². The van der Waals surface area contributed by atoms with E-state index in [1.807, 2.05) is 12.1 Å². The van der Waals surface area contributed by atoms with Crippen molar-refractivity contribution in [1.29, 1.82) is 0 Å². The fourth-order valence-corrected chi connectivity index (χ4v) is 3.47. The first kappa shape index (κ1) is 14.4. The second-order valence-electron chi connectivity index (χ2n) is 6.29. The van der Waals surface area contributed by atoms with Crippen molar-refractivity contribution >= 4 is 5.97 Å². The highest BCUT2D eigenvalue weighted by molar-refractivity contribution is 5.65. The summed E-state index contributed by atoms with van der Waals surface area (Å²) in [4.78, 5) is 11.0. The zero-order valence-electron chi connectivity index (χ0n) is 12.7. The van der Waals surface area contributed by atoms with E-state index < -0.39 is 0 Å². The molecule has 114 valence electrons. The first-order chi connectivity index (χ1) is 10.1. The molecular formula is C17H22O4. The molecule has 2 aliphatic heterocycles. The molecule has 1 saturated carbocycles. The number of methoxy groups -OCH3 is 1. The fourth-order valence-electron chi connectivity index (χ4n) is 3.47. The summed E-state index contributed by atoms with van der Waals surface area (Å²) in [6.45, 7) is 2.62. The minimum absolute atomic E-state index is 0.0277. The number of hydrogen-bond acceptors (Lipinski definition) is 4. The number of rotatable bonds is 4. The van der Waals surface area contributed by atoms with Crippen LogP contribution in [0.3, 0.4) is 0 Å². The zero-order chi connectivity index (χ0) is 14.9. The maximum absolute atomic E-state index is 11.0. The second-order valence-corrected chi connectivity index (χ2v) is 6.29. The monoisotopic (exact) mass is 290 g/mol. The summed E-state index contributed by atoms with van der Waals surface area (Å²) >= 11 is 0. The van der Waals surface area contributed by atoms with Crippen molar-refractivity contribution in [2.45, 2.75) is 38.2 Å². The molecule has 3 aliphatic rings. The first-order valence-corrected chi connectivity index (χ1v) is 7.49. The van der Waals surface area contributed by atoms with Crippen molar-refractivity contribution < 1.29 is 19.0 Å². The maximum Gasteiger partial charge on any atom is 0.302 e. The molecule has 2 bridgehead atoms. The van der Waals surface area contributed by atoms with Gasteiger partial charge in [-0.25, -0.2) is 0 Å². The fraction of sp³-hybridized carbons (Fsp3) is 0.588. The Hall–Kier alpha value is -1.55. The molecule has 1 aromatic carbocycles. The van der Waals surface area contributed by atoms with Gasteiger partial charge in [0.05, 0.1) is 25.9 Å². The van der Waals surface area contributed by atoms with Gasteiger partial charge in [-0.15, -0.1) is 0 Å². The van der Waals surface area contributed by atoms with E-state index >= 15 is 0 Å². The summed E-state index contributed by atoms with van der Waals surface area (Å²) in [6.07, 6.45) is 4.07. The standard InChI is InChI=1S/C17H22O4/c1-13(18)20-11-16-7-9-17(10-8-16,21-12-16)14-3-5-15(19-2)6-4-14/h3-6H,7-12H2,1-2H3. The number of carbonyl (C=O) groups excluding carboxylic acids is 1. The van der Waals surface area contributed by atoms with Gasteiger partial charge in [0.15, 0.2) is 0 Å². The molecule has 0 radical (unpaired) electrons. The molecule has 0 unspecified atom stereocenters. The molecule has 0 atom stereocenters. The number of hydrogen-bond donors (Lipinski definition) is 0. The number of benzene rings is 1. The van der Waals surface area contributed by atoms with Gasteiger partial charge in [0.25, 0.3) is 0 Å². The SMILES string of the molecule is COc1ccc(C23CCC(COC(C)=O)(CC2)CO3)cc1. The Morgan fingerprint density at radius 3 is 2.33 bits per heavy atom. The van der Waals surface area contributed by atoms with Crippen LogP contribution in [-0.4, -0.2) is 26.3 Å². The summed E-state index contributed by atoms with van der Waals surface area (Å²) in [5.74, 6) is 0.660. The van der Waals surface area contributed by atoms with Crippen LogP contribution >= 0.6 is 0 Å². The van der Waals surface area contributed by atoms with Crippen molar-refractivity contribution in [3.63, 3.8) is 0 Å². The van der Waals surface area contributed by atoms with E-state index in [1.165, 1.54) is 12.5 Å². The van der Waals surface area contributed by atoms with Crippen LogP contribution in [0.2, 0.25) is 0 Å². The quantitative estimate of drug-likeness (QED) is 0.800. The average molecular weight is 290 g/mol. The molecule has 0 spiro atoms. The van der Waals surface area contributed by atoms with Crippen molar-refractivity contribution in [1.82, 2.24) is 0 Å². The van der Waals surface area contributed by atoms with E-state index in [9.17, 15) is 4.79 Å². The third-order valence-corrected chi connectivity index (χ3v) is 4.97. The van der Waals surface area contributed by atoms with Crippen LogP contribution in [0, 0.1) is 5.41 Å². The van der Waals surface area contributed by atoms with Gasteiger partial charge in [0.1, 0.15) is 5.75 Å². The topological polar surface area (TPSA) is 44.8 Å². The zero-order valence-corrected chi connectivity index (χ0v) is 12.7. The molecule has 4 heteroatoms.